The number of nitrogens with zero attached hydrogens (tertiary/aromatic N) is 2. The van der Waals surface area contributed by atoms with Gasteiger partial charge < -0.3 is 26.0 Å². The predicted octanol–water partition coefficient (Wildman–Crippen LogP) is 0.977. The maximum absolute atomic E-state index is 12.7. The van der Waals surface area contributed by atoms with Crippen molar-refractivity contribution in [1.82, 2.24) is 20.8 Å². The summed E-state index contributed by atoms with van der Waals surface area (Å²) in [6.45, 7) is 1.62. The van der Waals surface area contributed by atoms with E-state index in [2.05, 4.69) is 20.8 Å². The van der Waals surface area contributed by atoms with Crippen LogP contribution in [0.5, 0.6) is 5.75 Å². The Balaban J connectivity index is 1.62. The summed E-state index contributed by atoms with van der Waals surface area (Å²) in [5.41, 5.74) is 8.06. The number of hydrogen-bond donors (Lipinski definition) is 4. The normalized spacial score (nSPS) is 11.7. The molecule has 0 spiro atoms. The summed E-state index contributed by atoms with van der Waals surface area (Å²) in [7, 11) is 0. The number of rotatable bonds is 9. The maximum atomic E-state index is 12.7. The minimum Gasteiger partial charge on any atom is -0.508 e. The fourth-order valence-electron chi connectivity index (χ4n) is 3.09. The number of aromatic hydroxyl groups is 1. The first kappa shape index (κ1) is 22.0. The van der Waals surface area contributed by atoms with Crippen molar-refractivity contribution in [2.45, 2.75) is 32.4 Å². The molecule has 5 N–H and O–H groups in total. The van der Waals surface area contributed by atoms with Gasteiger partial charge in [0, 0.05) is 12.8 Å². The first-order valence-electron chi connectivity index (χ1n) is 9.85. The highest BCUT2D eigenvalue weighted by Gasteiger charge is 2.22. The molecule has 2 amide bonds. The number of amides is 2. The molecule has 1 unspecified atom stereocenters. The molecule has 0 aliphatic carbocycles. The van der Waals surface area contributed by atoms with E-state index in [1.54, 1.807) is 12.1 Å². The fourth-order valence-corrected chi connectivity index (χ4v) is 3.09. The van der Waals surface area contributed by atoms with Gasteiger partial charge in [-0.1, -0.05) is 41.6 Å². The predicted molar refractivity (Wildman–Crippen MR) is 113 cm³/mol. The molecule has 3 rings (SSSR count). The minimum atomic E-state index is -0.842. The van der Waals surface area contributed by atoms with E-state index < -0.39 is 17.9 Å². The molecule has 1 atom stereocenters. The van der Waals surface area contributed by atoms with Crippen LogP contribution >= 0.6 is 0 Å². The van der Waals surface area contributed by atoms with E-state index in [-0.39, 0.29) is 31.2 Å². The Bertz CT molecular complexity index is 1040. The van der Waals surface area contributed by atoms with Gasteiger partial charge in [0.15, 0.2) is 5.82 Å². The van der Waals surface area contributed by atoms with Crippen molar-refractivity contribution in [3.05, 3.63) is 76.9 Å². The first-order valence-corrected chi connectivity index (χ1v) is 9.85. The monoisotopic (exact) mass is 423 g/mol. The molecule has 0 bridgehead atoms. The van der Waals surface area contributed by atoms with Gasteiger partial charge in [-0.2, -0.15) is 4.98 Å². The standard InChI is InChI=1S/C22H25N5O4/c1-14-9-17(28)8-7-16(14)11-18(25-20(29)12-23)22(30)24-13-21-26-19(27-31-21)10-15-5-3-2-4-6-15/h2-9,18,28H,10-13,23H2,1H3,(H,24,30)(H,25,29). The van der Waals surface area contributed by atoms with Crippen LogP contribution in [0, 0.1) is 6.92 Å². The first-order chi connectivity index (χ1) is 14.9. The molecule has 31 heavy (non-hydrogen) atoms. The van der Waals surface area contributed by atoms with Crippen LogP contribution in [0.1, 0.15) is 28.4 Å². The van der Waals surface area contributed by atoms with Crippen LogP contribution in [0.3, 0.4) is 0 Å². The van der Waals surface area contributed by atoms with Crippen molar-refractivity contribution in [2.24, 2.45) is 5.73 Å². The Morgan fingerprint density at radius 3 is 2.68 bits per heavy atom. The zero-order chi connectivity index (χ0) is 22.2. The number of aryl methyl sites for hydroxylation is 1. The van der Waals surface area contributed by atoms with Gasteiger partial charge in [0.1, 0.15) is 11.8 Å². The molecule has 0 fully saturated rings. The van der Waals surface area contributed by atoms with Crippen LogP contribution in [0.25, 0.3) is 0 Å². The molecular weight excluding hydrogens is 398 g/mol. The van der Waals surface area contributed by atoms with Gasteiger partial charge in [0.25, 0.3) is 0 Å². The van der Waals surface area contributed by atoms with Crippen molar-refractivity contribution in [3.8, 4) is 5.75 Å². The highest BCUT2D eigenvalue weighted by atomic mass is 16.5. The van der Waals surface area contributed by atoms with E-state index in [0.717, 1.165) is 16.7 Å². The Labute approximate surface area is 179 Å². The number of nitrogens with two attached hydrogens (primary N) is 1. The quantitative estimate of drug-likeness (QED) is 0.402. The van der Waals surface area contributed by atoms with Gasteiger partial charge in [-0.15, -0.1) is 0 Å². The molecule has 1 heterocycles. The van der Waals surface area contributed by atoms with Gasteiger partial charge in [0.05, 0.1) is 13.1 Å². The number of phenolic OH excluding ortho intramolecular Hbond substituents is 1. The number of carbonyl (C=O) groups excluding carboxylic acids is 2. The highest BCUT2D eigenvalue weighted by molar-refractivity contribution is 5.88. The van der Waals surface area contributed by atoms with E-state index >= 15 is 0 Å². The molecule has 0 saturated heterocycles. The lowest BCUT2D eigenvalue weighted by Crippen LogP contribution is -2.49. The van der Waals surface area contributed by atoms with Crippen molar-refractivity contribution in [2.75, 3.05) is 6.54 Å². The van der Waals surface area contributed by atoms with Crippen molar-refractivity contribution < 1.29 is 19.2 Å². The Hall–Kier alpha value is -3.72. The molecule has 162 valence electrons. The summed E-state index contributed by atoms with van der Waals surface area (Å²) in [6.07, 6.45) is 0.764. The van der Waals surface area contributed by atoms with Crippen LogP contribution in [0.4, 0.5) is 0 Å². The summed E-state index contributed by atoms with van der Waals surface area (Å²) >= 11 is 0. The molecular formula is C22H25N5O4. The average molecular weight is 423 g/mol. The third-order valence-corrected chi connectivity index (χ3v) is 4.72. The lowest BCUT2D eigenvalue weighted by atomic mass is 10.00. The number of aromatic nitrogens is 2. The smallest absolute Gasteiger partial charge is 0.246 e. The summed E-state index contributed by atoms with van der Waals surface area (Å²) in [5.74, 6) is 0.0692. The van der Waals surface area contributed by atoms with Crippen LogP contribution in [-0.4, -0.2) is 39.6 Å². The second kappa shape index (κ2) is 10.4. The number of carbonyl (C=O) groups is 2. The zero-order valence-corrected chi connectivity index (χ0v) is 17.2. The molecule has 0 aliphatic rings. The lowest BCUT2D eigenvalue weighted by molar-refractivity contribution is -0.128. The van der Waals surface area contributed by atoms with Gasteiger partial charge in [0.2, 0.25) is 17.7 Å². The molecule has 3 aromatic rings. The number of nitrogens with one attached hydrogen (secondary N) is 2. The van der Waals surface area contributed by atoms with Gasteiger partial charge in [-0.3, -0.25) is 9.59 Å². The third-order valence-electron chi connectivity index (χ3n) is 4.72. The second-order valence-corrected chi connectivity index (χ2v) is 7.12. The Kier molecular flexibility index (Phi) is 7.34. The van der Waals surface area contributed by atoms with E-state index in [9.17, 15) is 14.7 Å². The molecule has 0 saturated carbocycles. The second-order valence-electron chi connectivity index (χ2n) is 7.12. The number of benzene rings is 2. The van der Waals surface area contributed by atoms with E-state index in [1.165, 1.54) is 6.07 Å². The molecule has 0 aliphatic heterocycles. The van der Waals surface area contributed by atoms with Crippen LogP contribution in [0.2, 0.25) is 0 Å². The zero-order valence-electron chi connectivity index (χ0n) is 17.2. The summed E-state index contributed by atoms with van der Waals surface area (Å²) in [4.78, 5) is 28.8. The molecule has 0 radical (unpaired) electrons. The van der Waals surface area contributed by atoms with Crippen LogP contribution < -0.4 is 16.4 Å². The summed E-state index contributed by atoms with van der Waals surface area (Å²) in [6, 6.07) is 13.7. The topological polar surface area (TPSA) is 143 Å². The van der Waals surface area contributed by atoms with Crippen molar-refractivity contribution in [1.29, 1.82) is 0 Å². The van der Waals surface area contributed by atoms with Crippen molar-refractivity contribution in [3.63, 3.8) is 0 Å². The molecule has 9 heteroatoms. The van der Waals surface area contributed by atoms with Crippen molar-refractivity contribution >= 4 is 11.8 Å². The minimum absolute atomic E-state index is 0.0319. The van der Waals surface area contributed by atoms with Crippen LogP contribution in [-0.2, 0) is 29.0 Å². The largest absolute Gasteiger partial charge is 0.508 e. The van der Waals surface area contributed by atoms with E-state index in [4.69, 9.17) is 10.3 Å². The SMILES string of the molecule is Cc1cc(O)ccc1CC(NC(=O)CN)C(=O)NCc1nc(Cc2ccccc2)no1. The summed E-state index contributed by atoms with van der Waals surface area (Å²) < 4.78 is 5.21. The maximum Gasteiger partial charge on any atom is 0.246 e. The van der Waals surface area contributed by atoms with Crippen LogP contribution in [0.15, 0.2) is 53.1 Å². The van der Waals surface area contributed by atoms with E-state index in [1.807, 2.05) is 37.3 Å². The van der Waals surface area contributed by atoms with Gasteiger partial charge in [-0.25, -0.2) is 0 Å². The number of hydrogen-bond acceptors (Lipinski definition) is 7. The third kappa shape index (κ3) is 6.38. The Morgan fingerprint density at radius 2 is 1.97 bits per heavy atom. The molecule has 9 nitrogen and oxygen atoms in total. The van der Waals surface area contributed by atoms with Gasteiger partial charge >= 0.3 is 0 Å². The fraction of sp³-hybridized carbons (Fsp3) is 0.273. The summed E-state index contributed by atoms with van der Waals surface area (Å²) in [5, 5.41) is 18.9. The molecule has 1 aromatic heterocycles. The van der Waals surface area contributed by atoms with E-state index in [0.29, 0.717) is 12.2 Å². The Morgan fingerprint density at radius 1 is 1.19 bits per heavy atom. The molecule has 2 aromatic carbocycles. The van der Waals surface area contributed by atoms with Gasteiger partial charge in [-0.05, 0) is 35.7 Å². The highest BCUT2D eigenvalue weighted by Crippen LogP contribution is 2.17. The number of phenols is 1. The average Bonchev–Trinajstić information content (AvgIpc) is 3.21. The lowest BCUT2D eigenvalue weighted by Gasteiger charge is -2.19.